The second-order valence-corrected chi connectivity index (χ2v) is 5.43. The number of nitrogens with one attached hydrogen (secondary N) is 2. The third-order valence-corrected chi connectivity index (χ3v) is 3.48. The number of nitro benzene ring substituents is 1. The molecule has 0 unspecified atom stereocenters. The Kier molecular flexibility index (Phi) is 6.33. The van der Waals surface area contributed by atoms with E-state index in [0.29, 0.717) is 23.7 Å². The van der Waals surface area contributed by atoms with Gasteiger partial charge in [-0.1, -0.05) is 18.2 Å². The number of benzene rings is 2. The summed E-state index contributed by atoms with van der Waals surface area (Å²) in [4.78, 5) is 22.6. The van der Waals surface area contributed by atoms with Gasteiger partial charge in [0.15, 0.2) is 0 Å². The number of ether oxygens (including phenoxy) is 1. The molecule has 0 aliphatic carbocycles. The fraction of sp³-hybridized carbons (Fsp3) is 0.278. The summed E-state index contributed by atoms with van der Waals surface area (Å²) >= 11 is 0. The van der Waals surface area contributed by atoms with Crippen LogP contribution in [0.2, 0.25) is 0 Å². The Hall–Kier alpha value is -3.09. The van der Waals surface area contributed by atoms with Gasteiger partial charge in [-0.15, -0.1) is 0 Å². The lowest BCUT2D eigenvalue weighted by molar-refractivity contribution is -0.384. The number of aryl methyl sites for hydroxylation is 1. The van der Waals surface area contributed by atoms with Crippen LogP contribution in [-0.4, -0.2) is 24.0 Å². The molecule has 0 saturated heterocycles. The largest absolute Gasteiger partial charge is 0.492 e. The molecule has 1 amide bonds. The molecule has 132 valence electrons. The SMILES string of the molecule is CCOc1cc(C)ccc1NC(=O)CCNc1ccccc1[N+](=O)[O-]. The molecule has 0 fully saturated rings. The summed E-state index contributed by atoms with van der Waals surface area (Å²) in [5, 5.41) is 16.7. The molecule has 0 spiro atoms. The van der Waals surface area contributed by atoms with Crippen LogP contribution in [0.5, 0.6) is 5.75 Å². The van der Waals surface area contributed by atoms with Gasteiger partial charge in [0.05, 0.1) is 17.2 Å². The van der Waals surface area contributed by atoms with E-state index in [1.54, 1.807) is 24.3 Å². The zero-order chi connectivity index (χ0) is 18.2. The van der Waals surface area contributed by atoms with Gasteiger partial charge < -0.3 is 15.4 Å². The van der Waals surface area contributed by atoms with Crippen LogP contribution in [0.1, 0.15) is 18.9 Å². The van der Waals surface area contributed by atoms with Gasteiger partial charge in [0.2, 0.25) is 5.91 Å². The van der Waals surface area contributed by atoms with Gasteiger partial charge in [-0.05, 0) is 37.6 Å². The lowest BCUT2D eigenvalue weighted by Crippen LogP contribution is -2.17. The molecule has 2 rings (SSSR count). The molecule has 0 aliphatic rings. The Balaban J connectivity index is 1.93. The maximum Gasteiger partial charge on any atom is 0.292 e. The summed E-state index contributed by atoms with van der Waals surface area (Å²) in [6.07, 6.45) is 0.172. The summed E-state index contributed by atoms with van der Waals surface area (Å²) in [6, 6.07) is 11.9. The Bertz CT molecular complexity index is 762. The van der Waals surface area contributed by atoms with Crippen molar-refractivity contribution in [1.29, 1.82) is 0 Å². The van der Waals surface area contributed by atoms with Crippen molar-refractivity contribution in [2.75, 3.05) is 23.8 Å². The first-order chi connectivity index (χ1) is 12.0. The molecule has 0 atom stereocenters. The van der Waals surface area contributed by atoms with Crippen molar-refractivity contribution in [2.24, 2.45) is 0 Å². The van der Waals surface area contributed by atoms with E-state index < -0.39 is 4.92 Å². The number of para-hydroxylation sites is 2. The normalized spacial score (nSPS) is 10.2. The van der Waals surface area contributed by atoms with E-state index in [0.717, 1.165) is 5.56 Å². The van der Waals surface area contributed by atoms with Crippen molar-refractivity contribution in [3.05, 3.63) is 58.1 Å². The van der Waals surface area contributed by atoms with Crippen LogP contribution in [0.25, 0.3) is 0 Å². The van der Waals surface area contributed by atoms with Gasteiger partial charge in [0.1, 0.15) is 11.4 Å². The van der Waals surface area contributed by atoms with Crippen LogP contribution in [0.4, 0.5) is 17.1 Å². The van der Waals surface area contributed by atoms with Crippen molar-refractivity contribution >= 4 is 23.0 Å². The highest BCUT2D eigenvalue weighted by Crippen LogP contribution is 2.26. The van der Waals surface area contributed by atoms with E-state index in [-0.39, 0.29) is 24.6 Å². The standard InChI is InChI=1S/C18H21N3O4/c1-3-25-17-12-13(2)8-9-15(17)20-18(22)10-11-19-14-6-4-5-7-16(14)21(23)24/h4-9,12,19H,3,10-11H2,1-2H3,(H,20,22). The second-order valence-electron chi connectivity index (χ2n) is 5.43. The molecule has 0 radical (unpaired) electrons. The van der Waals surface area contributed by atoms with Gasteiger partial charge in [0.25, 0.3) is 5.69 Å². The minimum Gasteiger partial charge on any atom is -0.492 e. The lowest BCUT2D eigenvalue weighted by Gasteiger charge is -2.12. The summed E-state index contributed by atoms with van der Waals surface area (Å²) in [6.45, 7) is 4.62. The van der Waals surface area contributed by atoms with Crippen LogP contribution >= 0.6 is 0 Å². The Morgan fingerprint density at radius 3 is 2.68 bits per heavy atom. The molecule has 2 aromatic carbocycles. The molecular weight excluding hydrogens is 322 g/mol. The van der Waals surface area contributed by atoms with Gasteiger partial charge in [-0.2, -0.15) is 0 Å². The van der Waals surface area contributed by atoms with Crippen LogP contribution in [0, 0.1) is 17.0 Å². The molecular formula is C18H21N3O4. The number of nitrogens with zero attached hydrogens (tertiary/aromatic N) is 1. The summed E-state index contributed by atoms with van der Waals surface area (Å²) in [7, 11) is 0. The molecule has 0 heterocycles. The van der Waals surface area contributed by atoms with Gasteiger partial charge in [-0.3, -0.25) is 14.9 Å². The predicted molar refractivity (Wildman–Crippen MR) is 97.2 cm³/mol. The van der Waals surface area contributed by atoms with Crippen LogP contribution in [-0.2, 0) is 4.79 Å². The number of amides is 1. The average molecular weight is 343 g/mol. The highest BCUT2D eigenvalue weighted by Gasteiger charge is 2.13. The maximum absolute atomic E-state index is 12.1. The molecule has 7 heteroatoms. The number of carbonyl (C=O) groups excluding carboxylic acids is 1. The molecule has 0 aromatic heterocycles. The smallest absolute Gasteiger partial charge is 0.292 e. The van der Waals surface area contributed by atoms with Crippen LogP contribution in [0.3, 0.4) is 0 Å². The molecule has 2 aromatic rings. The highest BCUT2D eigenvalue weighted by atomic mass is 16.6. The van der Waals surface area contributed by atoms with E-state index in [4.69, 9.17) is 4.74 Å². The first kappa shape index (κ1) is 18.3. The zero-order valence-corrected chi connectivity index (χ0v) is 14.2. The monoisotopic (exact) mass is 343 g/mol. The van der Waals surface area contributed by atoms with Gasteiger partial charge in [-0.25, -0.2) is 0 Å². The maximum atomic E-state index is 12.1. The molecule has 25 heavy (non-hydrogen) atoms. The van der Waals surface area contributed by atoms with E-state index in [9.17, 15) is 14.9 Å². The van der Waals surface area contributed by atoms with E-state index in [2.05, 4.69) is 10.6 Å². The number of hydrogen-bond acceptors (Lipinski definition) is 5. The number of carbonyl (C=O) groups is 1. The third-order valence-electron chi connectivity index (χ3n) is 3.48. The first-order valence-corrected chi connectivity index (χ1v) is 8.02. The number of anilines is 2. The van der Waals surface area contributed by atoms with Crippen LogP contribution < -0.4 is 15.4 Å². The fourth-order valence-electron chi connectivity index (χ4n) is 2.31. The molecule has 0 bridgehead atoms. The van der Waals surface area contributed by atoms with Gasteiger partial charge in [0, 0.05) is 19.0 Å². The molecule has 0 aliphatic heterocycles. The number of nitro groups is 1. The summed E-state index contributed by atoms with van der Waals surface area (Å²) in [5.74, 6) is 0.429. The van der Waals surface area contributed by atoms with Crippen molar-refractivity contribution in [3.8, 4) is 5.75 Å². The summed E-state index contributed by atoms with van der Waals surface area (Å²) < 4.78 is 5.53. The third kappa shape index (κ3) is 5.20. The van der Waals surface area contributed by atoms with E-state index in [1.165, 1.54) is 6.07 Å². The lowest BCUT2D eigenvalue weighted by atomic mass is 10.2. The molecule has 0 saturated carbocycles. The highest BCUT2D eigenvalue weighted by molar-refractivity contribution is 5.92. The molecule has 2 N–H and O–H groups in total. The average Bonchev–Trinajstić information content (AvgIpc) is 2.58. The second kappa shape index (κ2) is 8.68. The Morgan fingerprint density at radius 1 is 1.20 bits per heavy atom. The van der Waals surface area contributed by atoms with Crippen molar-refractivity contribution < 1.29 is 14.5 Å². The summed E-state index contributed by atoms with van der Waals surface area (Å²) in [5.41, 5.74) is 2.04. The van der Waals surface area contributed by atoms with Crippen molar-refractivity contribution in [3.63, 3.8) is 0 Å². The van der Waals surface area contributed by atoms with Crippen LogP contribution in [0.15, 0.2) is 42.5 Å². The fourth-order valence-corrected chi connectivity index (χ4v) is 2.31. The van der Waals surface area contributed by atoms with Gasteiger partial charge >= 0.3 is 0 Å². The number of rotatable bonds is 8. The Morgan fingerprint density at radius 2 is 1.96 bits per heavy atom. The van der Waals surface area contributed by atoms with Crippen molar-refractivity contribution in [2.45, 2.75) is 20.3 Å². The minimum atomic E-state index is -0.455. The van der Waals surface area contributed by atoms with E-state index in [1.807, 2.05) is 26.0 Å². The molecule has 7 nitrogen and oxygen atoms in total. The van der Waals surface area contributed by atoms with Crippen molar-refractivity contribution in [1.82, 2.24) is 0 Å². The predicted octanol–water partition coefficient (Wildman–Crippen LogP) is 3.74. The minimum absolute atomic E-state index is 0.0138. The topological polar surface area (TPSA) is 93.5 Å². The Labute approximate surface area is 146 Å². The zero-order valence-electron chi connectivity index (χ0n) is 14.2. The first-order valence-electron chi connectivity index (χ1n) is 8.02. The number of hydrogen-bond donors (Lipinski definition) is 2. The quantitative estimate of drug-likeness (QED) is 0.562. The van der Waals surface area contributed by atoms with E-state index >= 15 is 0 Å².